The van der Waals surface area contributed by atoms with Gasteiger partial charge in [0.25, 0.3) is 0 Å². The van der Waals surface area contributed by atoms with Crippen molar-refractivity contribution in [2.75, 3.05) is 9.80 Å². The Labute approximate surface area is 412 Å². The first kappa shape index (κ1) is 51.9. The maximum atomic E-state index is 2.75. The molecule has 0 N–H and O–H groups in total. The van der Waals surface area contributed by atoms with Crippen molar-refractivity contribution in [2.45, 2.75) is 162 Å². The second kappa shape index (κ2) is 20.0. The Morgan fingerprint density at radius 2 is 0.477 bits per heavy atom. The Morgan fingerprint density at radius 1 is 0.308 bits per heavy atom. The van der Waals surface area contributed by atoms with Crippen LogP contribution in [0.5, 0.6) is 0 Å². The van der Waals surface area contributed by atoms with Crippen molar-refractivity contribution < 1.29 is 31.6 Å². The van der Waals surface area contributed by atoms with Crippen molar-refractivity contribution in [3.63, 3.8) is 0 Å². The second-order valence-corrected chi connectivity index (χ2v) is 22.5. The molecule has 0 spiro atoms. The molecule has 2 nitrogen and oxygen atoms in total. The van der Waals surface area contributed by atoms with Crippen molar-refractivity contribution in [1.82, 2.24) is 0 Å². The van der Waals surface area contributed by atoms with Crippen LogP contribution in [0.4, 0.5) is 11.4 Å². The van der Waals surface area contributed by atoms with Gasteiger partial charge in [-0.15, -0.1) is 0 Å². The molecule has 4 heteroatoms. The van der Waals surface area contributed by atoms with Crippen molar-refractivity contribution in [1.29, 1.82) is 0 Å². The quantitative estimate of drug-likeness (QED) is 0.121. The summed E-state index contributed by atoms with van der Waals surface area (Å²) in [5.74, 6) is 0. The summed E-state index contributed by atoms with van der Waals surface area (Å²) < 4.78 is 0. The summed E-state index contributed by atoms with van der Waals surface area (Å²) in [6.07, 6.45) is 0. The van der Waals surface area contributed by atoms with Gasteiger partial charge in [-0.1, -0.05) is 217 Å². The number of anilines is 2. The summed E-state index contributed by atoms with van der Waals surface area (Å²) in [6, 6.07) is 52.5. The molecule has 0 saturated carbocycles. The van der Waals surface area contributed by atoms with Gasteiger partial charge in [-0.2, -0.15) is 0 Å². The Morgan fingerprint density at radius 3 is 0.615 bits per heavy atom. The SMILES string of the molecule is CC1C(C)N1c1c(-c2ccc(C(C)(C)C)cc2)cccc1-c1ccc(C(C)(C)C)cc1.CC1C(C)N1c1c(-c2ccc(C(C)(C)C)cc2)cccc1-c1ccc(C(C)(C)C)cc1.[CH3][Pd+].[Cl-]. The molecule has 6 aromatic carbocycles. The molecule has 2 heterocycles. The first-order chi connectivity index (χ1) is 30.0. The van der Waals surface area contributed by atoms with E-state index in [2.05, 4.69) is 273 Å². The summed E-state index contributed by atoms with van der Waals surface area (Å²) in [5, 5.41) is 1.85. The molecule has 0 aromatic heterocycles. The van der Waals surface area contributed by atoms with Crippen LogP contribution in [-0.2, 0) is 40.9 Å². The number of rotatable bonds is 6. The fourth-order valence-electron chi connectivity index (χ4n) is 9.00. The van der Waals surface area contributed by atoms with E-state index in [0.717, 1.165) is 0 Å². The maximum absolute atomic E-state index is 2.75. The minimum Gasteiger partial charge on any atom is -1.00 e. The largest absolute Gasteiger partial charge is 1.00 e. The summed E-state index contributed by atoms with van der Waals surface area (Å²) >= 11 is 2.75. The van der Waals surface area contributed by atoms with Gasteiger partial charge in [0, 0.05) is 46.4 Å². The number of para-hydroxylation sites is 2. The zero-order valence-corrected chi connectivity index (χ0v) is 44.9. The van der Waals surface area contributed by atoms with Crippen molar-refractivity contribution in [3.05, 3.63) is 156 Å². The van der Waals surface area contributed by atoms with Crippen molar-refractivity contribution in [2.24, 2.45) is 0 Å². The third-order valence-corrected chi connectivity index (χ3v) is 13.8. The molecular formula is C61H77ClN2Pd. The molecule has 0 bridgehead atoms. The van der Waals surface area contributed by atoms with Crippen LogP contribution in [0.15, 0.2) is 133 Å². The summed E-state index contributed by atoms with van der Waals surface area (Å²) in [7, 11) is 0. The molecule has 0 amide bonds. The molecule has 65 heavy (non-hydrogen) atoms. The van der Waals surface area contributed by atoms with Gasteiger partial charge in [0.2, 0.25) is 0 Å². The molecule has 2 saturated heterocycles. The fraction of sp³-hybridized carbons (Fsp3) is 0.410. The second-order valence-electron chi connectivity index (χ2n) is 22.5. The molecule has 4 unspecified atom stereocenters. The standard InChI is InChI=1S/2C30H37N.CH3.ClH.Pd/c2*1-20-21(2)31(20)28-26(22-12-16-24(17-13-22)29(3,4)5)10-9-11-27(28)23-14-18-25(19-15-23)30(6,7)8;;;/h2*9-21H,1-8H3;1H3;1H;/q;;;;+1/p-1. The first-order valence-corrected chi connectivity index (χ1v) is 25.1. The van der Waals surface area contributed by atoms with Crippen molar-refractivity contribution in [3.8, 4) is 44.5 Å². The molecule has 348 valence electrons. The molecule has 2 aliphatic heterocycles. The van der Waals surface area contributed by atoms with Gasteiger partial charge in [0.15, 0.2) is 0 Å². The molecule has 8 rings (SSSR count). The Bertz CT molecular complexity index is 2140. The monoisotopic (exact) mass is 978 g/mol. The van der Waals surface area contributed by atoms with Crippen LogP contribution in [0, 0.1) is 0 Å². The van der Waals surface area contributed by atoms with E-state index in [1.165, 1.54) is 78.1 Å². The summed E-state index contributed by atoms with van der Waals surface area (Å²) in [6.45, 7) is 36.6. The molecule has 6 aromatic rings. The van der Waals surface area contributed by atoms with E-state index in [9.17, 15) is 0 Å². The van der Waals surface area contributed by atoms with Gasteiger partial charge >= 0.3 is 24.6 Å². The topological polar surface area (TPSA) is 6.02 Å². The fourth-order valence-corrected chi connectivity index (χ4v) is 9.00. The van der Waals surface area contributed by atoms with E-state index in [4.69, 9.17) is 0 Å². The molecule has 2 fully saturated rings. The predicted molar refractivity (Wildman–Crippen MR) is 278 cm³/mol. The van der Waals surface area contributed by atoms with E-state index < -0.39 is 0 Å². The van der Waals surface area contributed by atoms with Crippen LogP contribution in [0.2, 0.25) is 5.40 Å². The zero-order valence-electron chi connectivity index (χ0n) is 42.6. The summed E-state index contributed by atoms with van der Waals surface area (Å²) in [4.78, 5) is 5.14. The summed E-state index contributed by atoms with van der Waals surface area (Å²) in [5.41, 5.74) is 19.4. The van der Waals surface area contributed by atoms with E-state index in [-0.39, 0.29) is 34.1 Å². The minimum absolute atomic E-state index is 0. The van der Waals surface area contributed by atoms with Crippen LogP contribution in [0.25, 0.3) is 44.5 Å². The van der Waals surface area contributed by atoms with E-state index in [1.807, 2.05) is 5.40 Å². The Kier molecular flexibility index (Phi) is 16.0. The average molecular weight is 980 g/mol. The number of hydrogen-bond donors (Lipinski definition) is 0. The third-order valence-electron chi connectivity index (χ3n) is 13.8. The van der Waals surface area contributed by atoms with Crippen LogP contribution >= 0.6 is 0 Å². The van der Waals surface area contributed by atoms with E-state index >= 15 is 0 Å². The molecular weight excluding hydrogens is 903 g/mol. The van der Waals surface area contributed by atoms with Gasteiger partial charge in [-0.25, -0.2) is 0 Å². The minimum atomic E-state index is 0. The number of nitrogens with zero attached hydrogens (tertiary/aromatic N) is 2. The number of hydrogen-bond acceptors (Lipinski definition) is 2. The van der Waals surface area contributed by atoms with Crippen molar-refractivity contribution >= 4 is 11.4 Å². The normalized spacial score (nSPS) is 18.1. The van der Waals surface area contributed by atoms with Gasteiger partial charge in [-0.05, 0) is 93.9 Å². The first-order valence-electron chi connectivity index (χ1n) is 23.5. The Balaban J connectivity index is 0.000000232. The number of halogens is 1. The van der Waals surface area contributed by atoms with E-state index in [1.54, 1.807) is 0 Å². The van der Waals surface area contributed by atoms with E-state index in [0.29, 0.717) is 24.2 Å². The predicted octanol–water partition coefficient (Wildman–Crippen LogP) is 14.0. The average Bonchev–Trinajstić information content (AvgIpc) is 4.08. The molecule has 4 atom stereocenters. The Hall–Kier alpha value is -4.13. The van der Waals surface area contributed by atoms with Gasteiger partial charge in [0.1, 0.15) is 0 Å². The van der Waals surface area contributed by atoms with Gasteiger partial charge in [0.05, 0.1) is 11.4 Å². The molecule has 0 aliphatic carbocycles. The smallest absolute Gasteiger partial charge is 1.00 e. The maximum Gasteiger partial charge on any atom is -1.00 e. The van der Waals surface area contributed by atoms with Crippen LogP contribution in [0.1, 0.15) is 133 Å². The number of benzene rings is 6. The van der Waals surface area contributed by atoms with Crippen LogP contribution in [-0.4, -0.2) is 24.2 Å². The van der Waals surface area contributed by atoms with Gasteiger partial charge < -0.3 is 22.2 Å². The van der Waals surface area contributed by atoms with Crippen LogP contribution in [0.3, 0.4) is 0 Å². The zero-order chi connectivity index (χ0) is 47.1. The van der Waals surface area contributed by atoms with Gasteiger partial charge in [-0.3, -0.25) is 0 Å². The molecule has 2 aliphatic rings. The molecule has 0 radical (unpaired) electrons. The van der Waals surface area contributed by atoms with Crippen LogP contribution < -0.4 is 22.2 Å². The third kappa shape index (κ3) is 11.5.